The van der Waals surface area contributed by atoms with Gasteiger partial charge in [0, 0.05) is 20.6 Å². The number of rotatable bonds is 4. The minimum absolute atomic E-state index is 0.0291. The molecule has 1 atom stereocenters. The van der Waals surface area contributed by atoms with E-state index in [4.69, 9.17) is 4.74 Å². The predicted molar refractivity (Wildman–Crippen MR) is 96.5 cm³/mol. The van der Waals surface area contributed by atoms with E-state index >= 15 is 0 Å². The number of carbonyl (C=O) groups is 1. The number of morpholine rings is 1. The van der Waals surface area contributed by atoms with E-state index in [1.807, 2.05) is 42.1 Å². The maximum absolute atomic E-state index is 12.7. The van der Waals surface area contributed by atoms with Gasteiger partial charge in [-0.3, -0.25) is 4.79 Å². The molecule has 1 saturated heterocycles. The number of carbonyl (C=O) groups excluding carboxylic acids is 1. The van der Waals surface area contributed by atoms with Crippen LogP contribution >= 0.6 is 0 Å². The second-order valence-electron chi connectivity index (χ2n) is 7.48. The number of nitrogens with zero attached hydrogens (tertiary/aromatic N) is 3. The molecule has 0 radical (unpaired) electrons. The highest BCUT2D eigenvalue weighted by molar-refractivity contribution is 5.77. The number of aromatic nitrogens is 1. The van der Waals surface area contributed by atoms with Crippen LogP contribution in [0.5, 0.6) is 0 Å². The van der Waals surface area contributed by atoms with Crippen LogP contribution in [0, 0.1) is 0 Å². The van der Waals surface area contributed by atoms with Crippen molar-refractivity contribution in [2.24, 2.45) is 0 Å². The molecule has 2 heterocycles. The van der Waals surface area contributed by atoms with Crippen LogP contribution in [-0.2, 0) is 9.53 Å². The van der Waals surface area contributed by atoms with Gasteiger partial charge in [-0.05, 0) is 25.0 Å². The van der Waals surface area contributed by atoms with Gasteiger partial charge in [-0.2, -0.15) is 0 Å². The smallest absolute Gasteiger partial charge is 0.225 e. The Kier molecular flexibility index (Phi) is 5.59. The number of anilines is 1. The SMILES string of the molecule is CN(C)c1cccc(C2CN(C(=O)CC3(O)CCCCC3)CCO2)n1. The van der Waals surface area contributed by atoms with Crippen LogP contribution in [0.15, 0.2) is 18.2 Å². The molecule has 2 aliphatic rings. The number of ether oxygens (including phenoxy) is 1. The summed E-state index contributed by atoms with van der Waals surface area (Å²) in [6.45, 7) is 1.58. The highest BCUT2D eigenvalue weighted by atomic mass is 16.5. The molecule has 1 amide bonds. The first kappa shape index (κ1) is 18.1. The molecule has 6 heteroatoms. The molecule has 6 nitrogen and oxygen atoms in total. The summed E-state index contributed by atoms with van der Waals surface area (Å²) in [6, 6.07) is 5.86. The zero-order valence-electron chi connectivity index (χ0n) is 15.3. The van der Waals surface area contributed by atoms with Crippen LogP contribution in [0.25, 0.3) is 0 Å². The average molecular weight is 347 g/mol. The lowest BCUT2D eigenvalue weighted by molar-refractivity contribution is -0.145. The summed E-state index contributed by atoms with van der Waals surface area (Å²) in [7, 11) is 3.91. The third-order valence-electron chi connectivity index (χ3n) is 5.23. The van der Waals surface area contributed by atoms with Crippen LogP contribution < -0.4 is 4.90 Å². The Hall–Kier alpha value is -1.66. The van der Waals surface area contributed by atoms with Crippen molar-refractivity contribution in [1.29, 1.82) is 0 Å². The van der Waals surface area contributed by atoms with Gasteiger partial charge < -0.3 is 19.6 Å². The van der Waals surface area contributed by atoms with Gasteiger partial charge in [0.25, 0.3) is 0 Å². The average Bonchev–Trinajstić information content (AvgIpc) is 2.62. The molecular formula is C19H29N3O3. The fourth-order valence-electron chi connectivity index (χ4n) is 3.70. The standard InChI is InChI=1S/C19H29N3O3/c1-21(2)17-8-6-7-15(20-17)16-14-22(11-12-25-16)18(23)13-19(24)9-4-3-5-10-19/h6-8,16,24H,3-5,9-14H2,1-2H3. The molecule has 1 saturated carbocycles. The monoisotopic (exact) mass is 347 g/mol. The van der Waals surface area contributed by atoms with Crippen LogP contribution in [-0.4, -0.2) is 60.3 Å². The summed E-state index contributed by atoms with van der Waals surface area (Å²) < 4.78 is 5.86. The molecule has 1 aliphatic heterocycles. The summed E-state index contributed by atoms with van der Waals surface area (Å²) in [6.07, 6.45) is 4.67. The third kappa shape index (κ3) is 4.50. The normalized spacial score (nSPS) is 23.3. The molecule has 1 aliphatic carbocycles. The Morgan fingerprint density at radius 1 is 1.36 bits per heavy atom. The van der Waals surface area contributed by atoms with Gasteiger partial charge in [-0.25, -0.2) is 4.98 Å². The molecule has 1 aromatic rings. The minimum Gasteiger partial charge on any atom is -0.389 e. The van der Waals surface area contributed by atoms with E-state index in [-0.39, 0.29) is 18.4 Å². The van der Waals surface area contributed by atoms with E-state index in [1.54, 1.807) is 0 Å². The molecular weight excluding hydrogens is 318 g/mol. The number of amides is 1. The fourth-order valence-corrected chi connectivity index (χ4v) is 3.70. The molecule has 1 aromatic heterocycles. The van der Waals surface area contributed by atoms with Crippen molar-refractivity contribution in [2.45, 2.75) is 50.2 Å². The lowest BCUT2D eigenvalue weighted by Gasteiger charge is -2.37. The largest absolute Gasteiger partial charge is 0.389 e. The van der Waals surface area contributed by atoms with Crippen molar-refractivity contribution in [1.82, 2.24) is 9.88 Å². The van der Waals surface area contributed by atoms with Gasteiger partial charge in [0.2, 0.25) is 5.91 Å². The van der Waals surface area contributed by atoms with Gasteiger partial charge >= 0.3 is 0 Å². The zero-order valence-corrected chi connectivity index (χ0v) is 15.3. The molecule has 0 aromatic carbocycles. The Balaban J connectivity index is 1.64. The molecule has 3 rings (SSSR count). The van der Waals surface area contributed by atoms with Crippen LogP contribution in [0.3, 0.4) is 0 Å². The first-order valence-electron chi connectivity index (χ1n) is 9.23. The number of hydrogen-bond acceptors (Lipinski definition) is 5. The molecule has 25 heavy (non-hydrogen) atoms. The number of hydrogen-bond donors (Lipinski definition) is 1. The Labute approximate surface area is 149 Å². The molecule has 138 valence electrons. The Morgan fingerprint density at radius 2 is 2.12 bits per heavy atom. The predicted octanol–water partition coefficient (Wildman–Crippen LogP) is 2.13. The Bertz CT molecular complexity index is 599. The fraction of sp³-hybridized carbons (Fsp3) is 0.684. The van der Waals surface area contributed by atoms with Gasteiger partial charge in [0.1, 0.15) is 11.9 Å². The highest BCUT2D eigenvalue weighted by Gasteiger charge is 2.35. The first-order chi connectivity index (χ1) is 12.0. The van der Waals surface area contributed by atoms with E-state index in [2.05, 4.69) is 4.98 Å². The summed E-state index contributed by atoms with van der Waals surface area (Å²) in [4.78, 5) is 21.1. The van der Waals surface area contributed by atoms with Crippen molar-refractivity contribution < 1.29 is 14.6 Å². The summed E-state index contributed by atoms with van der Waals surface area (Å²) in [5.74, 6) is 0.905. The summed E-state index contributed by atoms with van der Waals surface area (Å²) in [5, 5.41) is 10.7. The molecule has 2 fully saturated rings. The first-order valence-corrected chi connectivity index (χ1v) is 9.23. The molecule has 0 spiro atoms. The highest BCUT2D eigenvalue weighted by Crippen LogP contribution is 2.32. The van der Waals surface area contributed by atoms with E-state index in [0.29, 0.717) is 19.7 Å². The van der Waals surface area contributed by atoms with Crippen molar-refractivity contribution in [2.75, 3.05) is 38.7 Å². The van der Waals surface area contributed by atoms with Gasteiger partial charge in [0.05, 0.1) is 30.9 Å². The van der Waals surface area contributed by atoms with E-state index in [1.165, 1.54) is 0 Å². The Morgan fingerprint density at radius 3 is 2.84 bits per heavy atom. The van der Waals surface area contributed by atoms with Gasteiger partial charge in [0.15, 0.2) is 0 Å². The zero-order chi connectivity index (χ0) is 17.9. The van der Waals surface area contributed by atoms with Crippen molar-refractivity contribution in [3.05, 3.63) is 23.9 Å². The summed E-state index contributed by atoms with van der Waals surface area (Å²) >= 11 is 0. The van der Waals surface area contributed by atoms with Crippen molar-refractivity contribution in [3.63, 3.8) is 0 Å². The van der Waals surface area contributed by atoms with Crippen molar-refractivity contribution in [3.8, 4) is 0 Å². The minimum atomic E-state index is -0.813. The second-order valence-corrected chi connectivity index (χ2v) is 7.48. The van der Waals surface area contributed by atoms with Gasteiger partial charge in [-0.15, -0.1) is 0 Å². The molecule has 0 bridgehead atoms. The lowest BCUT2D eigenvalue weighted by atomic mass is 9.82. The molecule has 1 unspecified atom stereocenters. The summed E-state index contributed by atoms with van der Waals surface area (Å²) in [5.41, 5.74) is 0.0340. The maximum atomic E-state index is 12.7. The van der Waals surface area contributed by atoms with Crippen LogP contribution in [0.1, 0.15) is 50.3 Å². The van der Waals surface area contributed by atoms with E-state index in [9.17, 15) is 9.90 Å². The second kappa shape index (κ2) is 7.70. The molecule has 1 N–H and O–H groups in total. The van der Waals surface area contributed by atoms with Crippen LogP contribution in [0.2, 0.25) is 0 Å². The van der Waals surface area contributed by atoms with E-state index < -0.39 is 5.60 Å². The number of aliphatic hydroxyl groups is 1. The quantitative estimate of drug-likeness (QED) is 0.904. The lowest BCUT2D eigenvalue weighted by Crippen LogP contribution is -2.46. The van der Waals surface area contributed by atoms with Gasteiger partial charge in [-0.1, -0.05) is 25.3 Å². The third-order valence-corrected chi connectivity index (χ3v) is 5.23. The van der Waals surface area contributed by atoms with Crippen molar-refractivity contribution >= 4 is 11.7 Å². The topological polar surface area (TPSA) is 65.9 Å². The van der Waals surface area contributed by atoms with E-state index in [0.717, 1.165) is 43.6 Å². The maximum Gasteiger partial charge on any atom is 0.225 e. The van der Waals surface area contributed by atoms with Crippen LogP contribution in [0.4, 0.5) is 5.82 Å². The number of pyridine rings is 1.